The number of hydrogen-bond donors (Lipinski definition) is 2. The van der Waals surface area contributed by atoms with Crippen LogP contribution in [0.4, 0.5) is 19.3 Å². The molecule has 0 heterocycles. The van der Waals surface area contributed by atoms with E-state index in [1.807, 2.05) is 5.32 Å². The van der Waals surface area contributed by atoms with E-state index >= 15 is 0 Å². The number of amides is 3. The molecule has 0 bridgehead atoms. The monoisotopic (exact) mass is 388 g/mol. The fraction of sp³-hybridized carbons (Fsp3) is 0.333. The Kier molecular flexibility index (Phi) is 6.23. The predicted molar refractivity (Wildman–Crippen MR) is 101 cm³/mol. The van der Waals surface area contributed by atoms with Crippen LogP contribution in [-0.2, 0) is 0 Å². The molecule has 5 nitrogen and oxygen atoms in total. The lowest BCUT2D eigenvalue weighted by atomic mass is 9.88. The molecule has 2 aromatic rings. The number of nitrogens with one attached hydrogen (secondary N) is 2. The number of carbonyl (C=O) groups is 2. The summed E-state index contributed by atoms with van der Waals surface area (Å²) in [5.74, 6) is -2.02. The number of ether oxygens (including phenoxy) is 1. The van der Waals surface area contributed by atoms with Crippen molar-refractivity contribution in [3.63, 3.8) is 0 Å². The van der Waals surface area contributed by atoms with Crippen LogP contribution in [0.2, 0.25) is 0 Å². The molecule has 1 saturated carbocycles. The minimum Gasteiger partial charge on any atom is -0.490 e. The molecule has 1 aliphatic carbocycles. The van der Waals surface area contributed by atoms with Crippen LogP contribution in [0.25, 0.3) is 0 Å². The second-order valence-corrected chi connectivity index (χ2v) is 6.95. The van der Waals surface area contributed by atoms with Crippen molar-refractivity contribution in [1.82, 2.24) is 5.32 Å². The SMILES string of the molecule is CC1CCCCC1Oc1ccc(NC(=O)NC(=O)c2c(F)cccc2F)cc1. The minimum atomic E-state index is -1.15. The normalized spacial score (nSPS) is 19.0. The Hall–Kier alpha value is -2.96. The van der Waals surface area contributed by atoms with Gasteiger partial charge in [0.1, 0.15) is 29.1 Å². The second kappa shape index (κ2) is 8.82. The van der Waals surface area contributed by atoms with E-state index in [1.165, 1.54) is 6.42 Å². The van der Waals surface area contributed by atoms with E-state index < -0.39 is 29.1 Å². The summed E-state index contributed by atoms with van der Waals surface area (Å²) in [6.07, 6.45) is 4.75. The van der Waals surface area contributed by atoms with Gasteiger partial charge >= 0.3 is 6.03 Å². The quantitative estimate of drug-likeness (QED) is 0.784. The highest BCUT2D eigenvalue weighted by Crippen LogP contribution is 2.28. The molecular weight excluding hydrogens is 366 g/mol. The standard InChI is InChI=1S/C21H22F2N2O3/c1-13-5-2-3-8-18(13)28-15-11-9-14(10-12-15)24-21(27)25-20(26)19-16(22)6-4-7-17(19)23/h4,6-7,9-13,18H,2-3,5,8H2,1H3,(H2,24,25,26,27). The lowest BCUT2D eigenvalue weighted by molar-refractivity contribution is 0.0958. The van der Waals surface area contributed by atoms with Gasteiger partial charge in [0, 0.05) is 5.69 Å². The van der Waals surface area contributed by atoms with E-state index in [-0.39, 0.29) is 6.10 Å². The summed E-state index contributed by atoms with van der Waals surface area (Å²) in [6, 6.07) is 8.88. The molecule has 7 heteroatoms. The van der Waals surface area contributed by atoms with Crippen molar-refractivity contribution in [3.05, 3.63) is 59.7 Å². The first-order valence-corrected chi connectivity index (χ1v) is 9.27. The van der Waals surface area contributed by atoms with E-state index in [9.17, 15) is 18.4 Å². The highest BCUT2D eigenvalue weighted by Gasteiger charge is 2.23. The van der Waals surface area contributed by atoms with E-state index in [2.05, 4.69) is 12.2 Å². The van der Waals surface area contributed by atoms with Crippen LogP contribution in [0.1, 0.15) is 43.0 Å². The van der Waals surface area contributed by atoms with Crippen LogP contribution in [0.3, 0.4) is 0 Å². The Morgan fingerprint density at radius 2 is 1.64 bits per heavy atom. The number of anilines is 1. The van der Waals surface area contributed by atoms with Gasteiger partial charge < -0.3 is 10.1 Å². The van der Waals surface area contributed by atoms with Crippen LogP contribution in [0, 0.1) is 17.6 Å². The summed E-state index contributed by atoms with van der Waals surface area (Å²) in [7, 11) is 0. The average molecular weight is 388 g/mol. The number of benzene rings is 2. The molecule has 0 saturated heterocycles. The van der Waals surface area contributed by atoms with Gasteiger partial charge in [-0.15, -0.1) is 0 Å². The van der Waals surface area contributed by atoms with E-state index in [0.29, 0.717) is 17.4 Å². The summed E-state index contributed by atoms with van der Waals surface area (Å²) >= 11 is 0. The number of rotatable bonds is 4. The van der Waals surface area contributed by atoms with Crippen LogP contribution in [0.15, 0.2) is 42.5 Å². The van der Waals surface area contributed by atoms with Gasteiger partial charge in [-0.2, -0.15) is 0 Å². The molecule has 2 atom stereocenters. The van der Waals surface area contributed by atoms with E-state index in [0.717, 1.165) is 37.5 Å². The zero-order valence-electron chi connectivity index (χ0n) is 15.5. The van der Waals surface area contributed by atoms with Crippen molar-refractivity contribution < 1.29 is 23.1 Å². The molecule has 0 aliphatic heterocycles. The van der Waals surface area contributed by atoms with Gasteiger partial charge in [0.15, 0.2) is 0 Å². The molecule has 0 aromatic heterocycles. The van der Waals surface area contributed by atoms with Gasteiger partial charge in [0.05, 0.1) is 0 Å². The zero-order chi connectivity index (χ0) is 20.1. The van der Waals surface area contributed by atoms with Crippen molar-refractivity contribution >= 4 is 17.6 Å². The van der Waals surface area contributed by atoms with Crippen LogP contribution in [-0.4, -0.2) is 18.0 Å². The summed E-state index contributed by atoms with van der Waals surface area (Å²) in [5.41, 5.74) is -0.383. The minimum absolute atomic E-state index is 0.184. The molecule has 0 spiro atoms. The maximum atomic E-state index is 13.6. The highest BCUT2D eigenvalue weighted by atomic mass is 19.1. The van der Waals surface area contributed by atoms with Crippen LogP contribution < -0.4 is 15.4 Å². The van der Waals surface area contributed by atoms with Gasteiger partial charge in [-0.25, -0.2) is 13.6 Å². The average Bonchev–Trinajstić information content (AvgIpc) is 2.65. The first kappa shape index (κ1) is 19.8. The largest absolute Gasteiger partial charge is 0.490 e. The molecule has 148 valence electrons. The third-order valence-corrected chi connectivity index (χ3v) is 4.85. The van der Waals surface area contributed by atoms with Gasteiger partial charge in [-0.05, 0) is 61.6 Å². The number of urea groups is 1. The Morgan fingerprint density at radius 1 is 1.00 bits per heavy atom. The van der Waals surface area contributed by atoms with Gasteiger partial charge in [0.25, 0.3) is 5.91 Å². The predicted octanol–water partition coefficient (Wildman–Crippen LogP) is 4.88. The van der Waals surface area contributed by atoms with Crippen LogP contribution >= 0.6 is 0 Å². The number of hydrogen-bond acceptors (Lipinski definition) is 3. The number of imide groups is 1. The maximum Gasteiger partial charge on any atom is 0.326 e. The molecule has 3 amide bonds. The Balaban J connectivity index is 1.56. The Bertz CT molecular complexity index is 835. The molecule has 3 rings (SSSR count). The molecular formula is C21H22F2N2O3. The Labute approximate surface area is 162 Å². The van der Waals surface area contributed by atoms with Crippen molar-refractivity contribution in [3.8, 4) is 5.75 Å². The maximum absolute atomic E-state index is 13.6. The van der Waals surface area contributed by atoms with Gasteiger partial charge in [-0.3, -0.25) is 10.1 Å². The number of halogens is 2. The fourth-order valence-corrected chi connectivity index (χ4v) is 3.29. The first-order chi connectivity index (χ1) is 13.4. The van der Waals surface area contributed by atoms with Crippen molar-refractivity contribution in [2.45, 2.75) is 38.7 Å². The summed E-state index contributed by atoms with van der Waals surface area (Å²) in [4.78, 5) is 23.9. The first-order valence-electron chi connectivity index (χ1n) is 9.27. The summed E-state index contributed by atoms with van der Waals surface area (Å²) < 4.78 is 33.2. The molecule has 2 N–H and O–H groups in total. The van der Waals surface area contributed by atoms with Crippen molar-refractivity contribution in [1.29, 1.82) is 0 Å². The molecule has 2 aromatic carbocycles. The summed E-state index contributed by atoms with van der Waals surface area (Å²) in [5, 5.41) is 4.36. The molecule has 28 heavy (non-hydrogen) atoms. The third kappa shape index (κ3) is 4.85. The Morgan fingerprint density at radius 3 is 2.29 bits per heavy atom. The molecule has 0 radical (unpaired) electrons. The summed E-state index contributed by atoms with van der Waals surface area (Å²) in [6.45, 7) is 2.18. The van der Waals surface area contributed by atoms with Gasteiger partial charge in [-0.1, -0.05) is 19.4 Å². The van der Waals surface area contributed by atoms with Crippen molar-refractivity contribution in [2.24, 2.45) is 5.92 Å². The van der Waals surface area contributed by atoms with Gasteiger partial charge in [0.2, 0.25) is 0 Å². The fourth-order valence-electron chi connectivity index (χ4n) is 3.29. The lowest BCUT2D eigenvalue weighted by Gasteiger charge is -2.29. The van der Waals surface area contributed by atoms with E-state index in [4.69, 9.17) is 4.74 Å². The topological polar surface area (TPSA) is 67.4 Å². The second-order valence-electron chi connectivity index (χ2n) is 6.95. The lowest BCUT2D eigenvalue weighted by Crippen LogP contribution is -2.35. The molecule has 1 aliphatic rings. The van der Waals surface area contributed by atoms with E-state index in [1.54, 1.807) is 24.3 Å². The number of carbonyl (C=O) groups excluding carboxylic acids is 2. The highest BCUT2D eigenvalue weighted by molar-refractivity contribution is 6.08. The molecule has 1 fully saturated rings. The van der Waals surface area contributed by atoms with Crippen LogP contribution in [0.5, 0.6) is 5.75 Å². The third-order valence-electron chi connectivity index (χ3n) is 4.85. The molecule has 2 unspecified atom stereocenters. The zero-order valence-corrected chi connectivity index (χ0v) is 15.5. The van der Waals surface area contributed by atoms with Crippen molar-refractivity contribution in [2.75, 3.05) is 5.32 Å². The smallest absolute Gasteiger partial charge is 0.326 e.